The number of rotatable bonds is 5. The van der Waals surface area contributed by atoms with Crippen LogP contribution in [0.4, 0.5) is 0 Å². The van der Waals surface area contributed by atoms with E-state index in [9.17, 15) is 0 Å². The lowest BCUT2D eigenvalue weighted by Gasteiger charge is -2.14. The molecule has 0 rings (SSSR count). The molecule has 0 saturated carbocycles. The SMILES string of the molecule is OC(CCBr)C(O)CCBr. The van der Waals surface area contributed by atoms with Gasteiger partial charge in [0.25, 0.3) is 0 Å². The minimum absolute atomic E-state index is 0.586. The molecule has 0 fully saturated rings. The lowest BCUT2D eigenvalue weighted by atomic mass is 10.1. The molecule has 0 amide bonds. The van der Waals surface area contributed by atoms with Crippen molar-refractivity contribution in [2.24, 2.45) is 0 Å². The monoisotopic (exact) mass is 274 g/mol. The summed E-state index contributed by atoms with van der Waals surface area (Å²) in [5, 5.41) is 19.8. The molecule has 4 heteroatoms. The van der Waals surface area contributed by atoms with Crippen molar-refractivity contribution in [3.05, 3.63) is 0 Å². The molecule has 10 heavy (non-hydrogen) atoms. The van der Waals surface area contributed by atoms with Gasteiger partial charge in [0.15, 0.2) is 0 Å². The zero-order valence-electron chi connectivity index (χ0n) is 5.63. The molecule has 2 unspecified atom stereocenters. The van der Waals surface area contributed by atoms with E-state index in [1.54, 1.807) is 0 Å². The maximum Gasteiger partial charge on any atom is 0.0807 e. The zero-order chi connectivity index (χ0) is 7.98. The highest BCUT2D eigenvalue weighted by atomic mass is 79.9. The topological polar surface area (TPSA) is 40.5 Å². The molecule has 0 aliphatic heterocycles. The summed E-state index contributed by atoms with van der Waals surface area (Å²) in [6.45, 7) is 0. The van der Waals surface area contributed by atoms with Gasteiger partial charge in [-0.25, -0.2) is 0 Å². The molecule has 0 aromatic carbocycles. The largest absolute Gasteiger partial charge is 0.390 e. The molecule has 0 aliphatic carbocycles. The summed E-state index contributed by atoms with van der Waals surface area (Å²) in [6, 6.07) is 0. The van der Waals surface area contributed by atoms with Gasteiger partial charge in [-0.3, -0.25) is 0 Å². The van der Waals surface area contributed by atoms with Gasteiger partial charge in [0.1, 0.15) is 0 Å². The van der Waals surface area contributed by atoms with E-state index in [2.05, 4.69) is 31.9 Å². The van der Waals surface area contributed by atoms with Crippen molar-refractivity contribution in [1.29, 1.82) is 0 Å². The third kappa shape index (κ3) is 4.66. The second-order valence-electron chi connectivity index (χ2n) is 2.09. The summed E-state index contributed by atoms with van der Waals surface area (Å²) < 4.78 is 0. The fourth-order valence-electron chi connectivity index (χ4n) is 0.608. The van der Waals surface area contributed by atoms with Crippen LogP contribution in [0.15, 0.2) is 0 Å². The van der Waals surface area contributed by atoms with Crippen LogP contribution in [0.25, 0.3) is 0 Å². The van der Waals surface area contributed by atoms with Crippen molar-refractivity contribution in [3.8, 4) is 0 Å². The highest BCUT2D eigenvalue weighted by molar-refractivity contribution is 9.09. The second kappa shape index (κ2) is 6.58. The third-order valence-corrected chi connectivity index (χ3v) is 2.17. The van der Waals surface area contributed by atoms with E-state index in [1.807, 2.05) is 0 Å². The van der Waals surface area contributed by atoms with Crippen molar-refractivity contribution in [2.75, 3.05) is 10.7 Å². The van der Waals surface area contributed by atoms with E-state index < -0.39 is 12.2 Å². The summed E-state index contributed by atoms with van der Waals surface area (Å²) in [4.78, 5) is 0. The average Bonchev–Trinajstić information content (AvgIpc) is 1.89. The molecular formula is C6H12Br2O2. The Hall–Kier alpha value is 0.880. The molecule has 0 aromatic rings. The van der Waals surface area contributed by atoms with Crippen molar-refractivity contribution in [1.82, 2.24) is 0 Å². The number of halogens is 2. The van der Waals surface area contributed by atoms with Crippen LogP contribution < -0.4 is 0 Å². The average molecular weight is 276 g/mol. The Bertz CT molecular complexity index is 70.1. The van der Waals surface area contributed by atoms with Gasteiger partial charge in [-0.15, -0.1) is 0 Å². The second-order valence-corrected chi connectivity index (χ2v) is 3.68. The number of aliphatic hydroxyl groups is 2. The Morgan fingerprint density at radius 1 is 0.900 bits per heavy atom. The first-order valence-corrected chi connectivity index (χ1v) is 5.44. The standard InChI is InChI=1S/C6H12Br2O2/c7-3-1-5(9)6(10)2-4-8/h5-6,9-10H,1-4H2. The molecule has 0 radical (unpaired) electrons. The molecule has 2 atom stereocenters. The lowest BCUT2D eigenvalue weighted by Crippen LogP contribution is -2.26. The van der Waals surface area contributed by atoms with E-state index in [1.165, 1.54) is 0 Å². The van der Waals surface area contributed by atoms with Gasteiger partial charge in [0.05, 0.1) is 12.2 Å². The van der Waals surface area contributed by atoms with E-state index in [4.69, 9.17) is 10.2 Å². The first-order chi connectivity index (χ1) is 4.72. The van der Waals surface area contributed by atoms with Crippen LogP contribution in [0.5, 0.6) is 0 Å². The Morgan fingerprint density at radius 3 is 1.40 bits per heavy atom. The van der Waals surface area contributed by atoms with Crippen LogP contribution in [0.1, 0.15) is 12.8 Å². The smallest absolute Gasteiger partial charge is 0.0807 e. The molecule has 2 N–H and O–H groups in total. The van der Waals surface area contributed by atoms with Crippen LogP contribution in [0.3, 0.4) is 0 Å². The van der Waals surface area contributed by atoms with E-state index in [0.29, 0.717) is 12.8 Å². The fraction of sp³-hybridized carbons (Fsp3) is 1.00. The molecule has 62 valence electrons. The molecule has 0 saturated heterocycles. The fourth-order valence-corrected chi connectivity index (χ4v) is 1.55. The molecule has 0 heterocycles. The maximum atomic E-state index is 9.15. The molecule has 2 nitrogen and oxygen atoms in total. The molecule has 0 aliphatic rings. The summed E-state index contributed by atoms with van der Waals surface area (Å²) >= 11 is 6.37. The van der Waals surface area contributed by atoms with Gasteiger partial charge in [0.2, 0.25) is 0 Å². The van der Waals surface area contributed by atoms with Crippen molar-refractivity contribution in [3.63, 3.8) is 0 Å². The minimum atomic E-state index is -0.586. The normalized spacial score (nSPS) is 16.8. The number of hydrogen-bond acceptors (Lipinski definition) is 2. The molecule has 0 spiro atoms. The lowest BCUT2D eigenvalue weighted by molar-refractivity contribution is 0.0175. The quantitative estimate of drug-likeness (QED) is 0.742. The Labute approximate surface area is 77.9 Å². The summed E-state index contributed by atoms with van der Waals surface area (Å²) in [5.41, 5.74) is 0. The molecular weight excluding hydrogens is 264 g/mol. The number of alkyl halides is 2. The van der Waals surface area contributed by atoms with Gasteiger partial charge < -0.3 is 10.2 Å². The number of hydrogen-bond donors (Lipinski definition) is 2. The summed E-state index contributed by atoms with van der Waals surface area (Å²) in [6.07, 6.45) is 0.0383. The predicted octanol–water partition coefficient (Wildman–Crippen LogP) is 1.28. The number of aliphatic hydroxyl groups excluding tert-OH is 2. The van der Waals surface area contributed by atoms with Gasteiger partial charge in [-0.2, -0.15) is 0 Å². The van der Waals surface area contributed by atoms with Gasteiger partial charge >= 0.3 is 0 Å². The van der Waals surface area contributed by atoms with E-state index >= 15 is 0 Å². The maximum absolute atomic E-state index is 9.15. The van der Waals surface area contributed by atoms with Gasteiger partial charge in [-0.1, -0.05) is 31.9 Å². The summed E-state index contributed by atoms with van der Waals surface area (Å²) in [5.74, 6) is 0. The van der Waals surface area contributed by atoms with Crippen LogP contribution >= 0.6 is 31.9 Å². The van der Waals surface area contributed by atoms with Crippen molar-refractivity contribution < 1.29 is 10.2 Å². The van der Waals surface area contributed by atoms with E-state index in [-0.39, 0.29) is 0 Å². The molecule has 0 bridgehead atoms. The third-order valence-electron chi connectivity index (χ3n) is 1.25. The zero-order valence-corrected chi connectivity index (χ0v) is 8.81. The van der Waals surface area contributed by atoms with Crippen LogP contribution in [0.2, 0.25) is 0 Å². The van der Waals surface area contributed by atoms with Crippen molar-refractivity contribution in [2.45, 2.75) is 25.0 Å². The van der Waals surface area contributed by atoms with Crippen LogP contribution in [0, 0.1) is 0 Å². The highest BCUT2D eigenvalue weighted by Crippen LogP contribution is 2.06. The highest BCUT2D eigenvalue weighted by Gasteiger charge is 2.13. The Balaban J connectivity index is 3.38. The van der Waals surface area contributed by atoms with Crippen LogP contribution in [-0.4, -0.2) is 33.1 Å². The summed E-state index contributed by atoms with van der Waals surface area (Å²) in [7, 11) is 0. The molecule has 0 aromatic heterocycles. The van der Waals surface area contributed by atoms with Gasteiger partial charge in [-0.05, 0) is 12.8 Å². The Morgan fingerprint density at radius 2 is 1.20 bits per heavy atom. The first kappa shape index (κ1) is 10.9. The Kier molecular flexibility index (Phi) is 7.16. The first-order valence-electron chi connectivity index (χ1n) is 3.20. The van der Waals surface area contributed by atoms with E-state index in [0.717, 1.165) is 10.7 Å². The predicted molar refractivity (Wildman–Crippen MR) is 48.8 cm³/mol. The van der Waals surface area contributed by atoms with Gasteiger partial charge in [0, 0.05) is 10.7 Å². The minimum Gasteiger partial charge on any atom is -0.390 e. The van der Waals surface area contributed by atoms with Crippen molar-refractivity contribution >= 4 is 31.9 Å². The van der Waals surface area contributed by atoms with Crippen LogP contribution in [-0.2, 0) is 0 Å².